The third kappa shape index (κ3) is 3.85. The van der Waals surface area contributed by atoms with E-state index in [9.17, 15) is 4.79 Å². The molecule has 3 aliphatic rings. The summed E-state index contributed by atoms with van der Waals surface area (Å²) >= 11 is 0. The van der Waals surface area contributed by atoms with Crippen LogP contribution >= 0.6 is 0 Å². The smallest absolute Gasteiger partial charge is 0.227 e. The maximum atomic E-state index is 12.5. The molecule has 1 unspecified atom stereocenters. The average molecular weight is 358 g/mol. The first-order valence-corrected chi connectivity index (χ1v) is 10.1. The van der Waals surface area contributed by atoms with Crippen LogP contribution in [0, 0.1) is 11.8 Å². The molecule has 1 aliphatic carbocycles. The number of piperidine rings is 1. The van der Waals surface area contributed by atoms with Gasteiger partial charge in [0.15, 0.2) is 0 Å². The van der Waals surface area contributed by atoms with Crippen LogP contribution in [0.5, 0.6) is 0 Å². The molecule has 1 aromatic heterocycles. The number of hydrogen-bond acceptors (Lipinski definition) is 5. The van der Waals surface area contributed by atoms with E-state index in [4.69, 9.17) is 4.74 Å². The van der Waals surface area contributed by atoms with Gasteiger partial charge in [-0.25, -0.2) is 9.97 Å². The molecule has 26 heavy (non-hydrogen) atoms. The van der Waals surface area contributed by atoms with E-state index in [0.717, 1.165) is 51.3 Å². The van der Waals surface area contributed by atoms with E-state index >= 15 is 0 Å². The van der Waals surface area contributed by atoms with Gasteiger partial charge in [0.25, 0.3) is 0 Å². The fraction of sp³-hybridized carbons (Fsp3) is 0.750. The van der Waals surface area contributed by atoms with Crippen molar-refractivity contribution in [2.24, 2.45) is 11.8 Å². The molecule has 0 bridgehead atoms. The fourth-order valence-corrected chi connectivity index (χ4v) is 4.32. The first kappa shape index (κ1) is 17.7. The van der Waals surface area contributed by atoms with E-state index in [-0.39, 0.29) is 11.8 Å². The van der Waals surface area contributed by atoms with Crippen molar-refractivity contribution in [3.05, 3.63) is 18.1 Å². The molecule has 3 fully saturated rings. The second kappa shape index (κ2) is 7.91. The van der Waals surface area contributed by atoms with Crippen LogP contribution in [0.4, 0.5) is 5.82 Å². The Kier molecular flexibility index (Phi) is 5.38. The van der Waals surface area contributed by atoms with Crippen LogP contribution in [-0.2, 0) is 9.53 Å². The molecule has 0 aromatic carbocycles. The van der Waals surface area contributed by atoms with Gasteiger partial charge in [0.1, 0.15) is 12.1 Å². The number of carbonyl (C=O) groups is 1. The predicted octanol–water partition coefficient (Wildman–Crippen LogP) is 2.46. The zero-order valence-electron chi connectivity index (χ0n) is 15.8. The fourth-order valence-electron chi connectivity index (χ4n) is 4.32. The van der Waals surface area contributed by atoms with Gasteiger partial charge in [-0.2, -0.15) is 0 Å². The highest BCUT2D eigenvalue weighted by Gasteiger charge is 2.29. The summed E-state index contributed by atoms with van der Waals surface area (Å²) in [5.74, 6) is 2.63. The first-order chi connectivity index (χ1) is 12.7. The monoisotopic (exact) mass is 358 g/mol. The lowest BCUT2D eigenvalue weighted by atomic mass is 9.83. The van der Waals surface area contributed by atoms with Crippen molar-refractivity contribution >= 4 is 11.7 Å². The van der Waals surface area contributed by atoms with Gasteiger partial charge >= 0.3 is 0 Å². The summed E-state index contributed by atoms with van der Waals surface area (Å²) in [7, 11) is 1.95. The molecule has 0 spiro atoms. The van der Waals surface area contributed by atoms with Crippen LogP contribution in [0.15, 0.2) is 12.4 Å². The van der Waals surface area contributed by atoms with Gasteiger partial charge in [-0.1, -0.05) is 6.42 Å². The predicted molar refractivity (Wildman–Crippen MR) is 100 cm³/mol. The topological polar surface area (TPSA) is 58.6 Å². The van der Waals surface area contributed by atoms with E-state index in [1.165, 1.54) is 25.0 Å². The van der Waals surface area contributed by atoms with Gasteiger partial charge in [0, 0.05) is 51.0 Å². The Morgan fingerprint density at radius 3 is 2.69 bits per heavy atom. The summed E-state index contributed by atoms with van der Waals surface area (Å²) in [5.41, 5.74) is 1.22. The van der Waals surface area contributed by atoms with Crippen molar-refractivity contribution in [1.29, 1.82) is 0 Å². The molecule has 0 N–H and O–H groups in total. The number of rotatable bonds is 5. The molecule has 6 heteroatoms. The summed E-state index contributed by atoms with van der Waals surface area (Å²) < 4.78 is 5.35. The standard InChI is InChI=1S/C20H30N4O2/c1-23(20(25)17-7-10-26-13-17)12-15-5-8-24(9-6-15)19-11-18(21-14-22-19)16-3-2-4-16/h11,14-17H,2-10,12-13H2,1H3. The molecule has 1 saturated carbocycles. The summed E-state index contributed by atoms with van der Waals surface area (Å²) in [6, 6.07) is 2.19. The van der Waals surface area contributed by atoms with E-state index in [1.54, 1.807) is 6.33 Å². The number of carbonyl (C=O) groups excluding carboxylic acids is 1. The Bertz CT molecular complexity index is 620. The summed E-state index contributed by atoms with van der Waals surface area (Å²) in [6.45, 7) is 4.21. The van der Waals surface area contributed by atoms with E-state index in [2.05, 4.69) is 20.9 Å². The van der Waals surface area contributed by atoms with Gasteiger partial charge in [0.2, 0.25) is 5.91 Å². The minimum Gasteiger partial charge on any atom is -0.381 e. The number of nitrogens with zero attached hydrogens (tertiary/aromatic N) is 4. The van der Waals surface area contributed by atoms with Gasteiger partial charge in [-0.15, -0.1) is 0 Å². The number of hydrogen-bond donors (Lipinski definition) is 0. The van der Waals surface area contributed by atoms with E-state index in [1.807, 2.05) is 11.9 Å². The zero-order chi connectivity index (χ0) is 17.9. The van der Waals surface area contributed by atoms with Gasteiger partial charge < -0.3 is 14.5 Å². The number of aromatic nitrogens is 2. The molecular weight excluding hydrogens is 328 g/mol. The Morgan fingerprint density at radius 2 is 2.04 bits per heavy atom. The normalized spacial score (nSPS) is 24.5. The van der Waals surface area contributed by atoms with Crippen LogP contribution in [0.2, 0.25) is 0 Å². The molecule has 0 radical (unpaired) electrons. The van der Waals surface area contributed by atoms with Crippen molar-refractivity contribution in [2.75, 3.05) is 44.8 Å². The molecular formula is C20H30N4O2. The molecule has 3 heterocycles. The first-order valence-electron chi connectivity index (χ1n) is 10.1. The minimum atomic E-state index is 0.0750. The van der Waals surface area contributed by atoms with E-state index in [0.29, 0.717) is 18.4 Å². The molecule has 2 aliphatic heterocycles. The van der Waals surface area contributed by atoms with E-state index < -0.39 is 0 Å². The second-order valence-electron chi connectivity index (χ2n) is 8.14. The van der Waals surface area contributed by atoms with Crippen molar-refractivity contribution in [3.63, 3.8) is 0 Å². The van der Waals surface area contributed by atoms with Crippen LogP contribution in [0.1, 0.15) is 50.1 Å². The van der Waals surface area contributed by atoms with Gasteiger partial charge in [0.05, 0.1) is 12.5 Å². The van der Waals surface area contributed by atoms with Crippen molar-refractivity contribution in [1.82, 2.24) is 14.9 Å². The second-order valence-corrected chi connectivity index (χ2v) is 8.14. The van der Waals surface area contributed by atoms with Crippen LogP contribution in [0.25, 0.3) is 0 Å². The molecule has 1 atom stereocenters. The van der Waals surface area contributed by atoms with Gasteiger partial charge in [-0.3, -0.25) is 4.79 Å². The van der Waals surface area contributed by atoms with Crippen LogP contribution in [-0.4, -0.2) is 60.7 Å². The molecule has 6 nitrogen and oxygen atoms in total. The molecule has 1 aromatic rings. The summed E-state index contributed by atoms with van der Waals surface area (Å²) in [4.78, 5) is 25.8. The largest absolute Gasteiger partial charge is 0.381 e. The molecule has 142 valence electrons. The highest BCUT2D eigenvalue weighted by Crippen LogP contribution is 2.36. The molecule has 1 amide bonds. The summed E-state index contributed by atoms with van der Waals surface area (Å²) in [5, 5.41) is 0. The lowest BCUT2D eigenvalue weighted by Crippen LogP contribution is -2.41. The van der Waals surface area contributed by atoms with Crippen molar-refractivity contribution in [3.8, 4) is 0 Å². The molecule has 4 rings (SSSR count). The quantitative estimate of drug-likeness (QED) is 0.809. The minimum absolute atomic E-state index is 0.0750. The maximum Gasteiger partial charge on any atom is 0.227 e. The Morgan fingerprint density at radius 1 is 1.23 bits per heavy atom. The molecule has 2 saturated heterocycles. The van der Waals surface area contributed by atoms with Crippen LogP contribution in [0.3, 0.4) is 0 Å². The van der Waals surface area contributed by atoms with Crippen LogP contribution < -0.4 is 4.90 Å². The number of ether oxygens (including phenoxy) is 1. The Hall–Kier alpha value is -1.69. The highest BCUT2D eigenvalue weighted by molar-refractivity contribution is 5.78. The lowest BCUT2D eigenvalue weighted by Gasteiger charge is -2.35. The highest BCUT2D eigenvalue weighted by atomic mass is 16.5. The average Bonchev–Trinajstić information content (AvgIpc) is 3.15. The maximum absolute atomic E-state index is 12.5. The Labute approximate surface area is 155 Å². The van der Waals surface area contributed by atoms with Crippen molar-refractivity contribution < 1.29 is 9.53 Å². The third-order valence-electron chi connectivity index (χ3n) is 6.32. The Balaban J connectivity index is 1.28. The lowest BCUT2D eigenvalue weighted by molar-refractivity contribution is -0.134. The van der Waals surface area contributed by atoms with Gasteiger partial charge in [-0.05, 0) is 38.0 Å². The summed E-state index contributed by atoms with van der Waals surface area (Å²) in [6.07, 6.45) is 8.69. The van der Waals surface area contributed by atoms with Crippen molar-refractivity contribution in [2.45, 2.75) is 44.4 Å². The number of anilines is 1. The third-order valence-corrected chi connectivity index (χ3v) is 6.32. The zero-order valence-corrected chi connectivity index (χ0v) is 15.8. The number of amides is 1. The SMILES string of the molecule is CN(CC1CCN(c2cc(C3CCC3)ncn2)CC1)C(=O)C1CCOC1.